The fourth-order valence-corrected chi connectivity index (χ4v) is 4.57. The first-order valence-corrected chi connectivity index (χ1v) is 12.1. The molecule has 0 saturated heterocycles. The molecule has 1 atom stereocenters. The number of nitrogens with zero attached hydrogens (tertiary/aromatic N) is 1. The molecule has 3 heterocycles. The number of benzene rings is 1. The number of hydrogen-bond donors (Lipinski definition) is 2. The van der Waals surface area contributed by atoms with E-state index in [2.05, 4.69) is 10.6 Å². The van der Waals surface area contributed by atoms with E-state index < -0.39 is 17.2 Å². The van der Waals surface area contributed by atoms with Crippen molar-refractivity contribution in [3.8, 4) is 11.5 Å². The van der Waals surface area contributed by atoms with Crippen LogP contribution in [0.2, 0.25) is 0 Å². The number of methoxy groups -OCH3 is 1. The van der Waals surface area contributed by atoms with Crippen molar-refractivity contribution in [3.05, 3.63) is 79.9 Å². The van der Waals surface area contributed by atoms with Crippen LogP contribution in [0.4, 0.5) is 0 Å². The first-order chi connectivity index (χ1) is 17.0. The maximum atomic E-state index is 13.2. The fourth-order valence-electron chi connectivity index (χ4n) is 3.71. The summed E-state index contributed by atoms with van der Waals surface area (Å²) in [5, 5.41) is 7.63. The molecule has 9 nitrogen and oxygen atoms in total. The van der Waals surface area contributed by atoms with Crippen LogP contribution in [0.5, 0.6) is 11.5 Å². The summed E-state index contributed by atoms with van der Waals surface area (Å²) >= 11 is 1.54. The highest BCUT2D eigenvalue weighted by molar-refractivity contribution is 7.10. The monoisotopic (exact) mass is 497 g/mol. The Labute approximate surface area is 206 Å². The summed E-state index contributed by atoms with van der Waals surface area (Å²) in [6.45, 7) is 3.03. The molecule has 35 heavy (non-hydrogen) atoms. The molecule has 2 amide bonds. The van der Waals surface area contributed by atoms with E-state index in [1.54, 1.807) is 23.8 Å². The number of pyridine rings is 1. The standard InChI is InChI=1S/C25H27N3O6S/c1-3-19(22-5-4-10-35-22)27-25(31)18-14-28(8-9-32-2)13-17(23(18)29)24(30)26-12-16-6-7-20-21(11-16)34-15-33-20/h4-7,10-11,13-14,19H,3,8-9,12,15H2,1-2H3,(H,26,30)(H,27,31). The molecular weight excluding hydrogens is 470 g/mol. The van der Waals surface area contributed by atoms with Gasteiger partial charge in [0.15, 0.2) is 11.5 Å². The average Bonchev–Trinajstić information content (AvgIpc) is 3.57. The largest absolute Gasteiger partial charge is 0.454 e. The number of fused-ring (bicyclic) bond motifs is 1. The van der Waals surface area contributed by atoms with Gasteiger partial charge >= 0.3 is 0 Å². The van der Waals surface area contributed by atoms with Crippen molar-refractivity contribution in [2.45, 2.75) is 32.5 Å². The molecule has 1 unspecified atom stereocenters. The van der Waals surface area contributed by atoms with Crippen molar-refractivity contribution in [2.75, 3.05) is 20.5 Å². The molecule has 1 aliphatic heterocycles. The highest BCUT2D eigenvalue weighted by Gasteiger charge is 2.22. The SMILES string of the molecule is CCC(NC(=O)c1cn(CCOC)cc(C(=O)NCc2ccc3c(c2)OCO3)c1=O)c1cccs1. The van der Waals surface area contributed by atoms with E-state index in [1.807, 2.05) is 30.5 Å². The molecule has 3 aromatic rings. The number of carbonyl (C=O) groups excluding carboxylic acids is 2. The normalized spacial score (nSPS) is 12.9. The van der Waals surface area contributed by atoms with Crippen LogP contribution in [0.25, 0.3) is 0 Å². The number of thiophene rings is 1. The van der Waals surface area contributed by atoms with Crippen LogP contribution in [0, 0.1) is 0 Å². The second kappa shape index (κ2) is 11.2. The lowest BCUT2D eigenvalue weighted by molar-refractivity contribution is 0.0933. The molecule has 0 saturated carbocycles. The zero-order valence-electron chi connectivity index (χ0n) is 19.5. The number of ether oxygens (including phenoxy) is 3. The summed E-state index contributed by atoms with van der Waals surface area (Å²) in [4.78, 5) is 40.3. The van der Waals surface area contributed by atoms with Crippen LogP contribution < -0.4 is 25.5 Å². The minimum atomic E-state index is -0.625. The maximum Gasteiger partial charge on any atom is 0.257 e. The van der Waals surface area contributed by atoms with Gasteiger partial charge < -0.3 is 29.4 Å². The van der Waals surface area contributed by atoms with Gasteiger partial charge in [0.1, 0.15) is 11.1 Å². The third-order valence-corrected chi connectivity index (χ3v) is 6.60. The molecule has 1 aromatic carbocycles. The maximum absolute atomic E-state index is 13.2. The van der Waals surface area contributed by atoms with E-state index in [9.17, 15) is 14.4 Å². The minimum absolute atomic E-state index is 0.0909. The molecule has 4 rings (SSSR count). The Kier molecular flexibility index (Phi) is 7.84. The van der Waals surface area contributed by atoms with Crippen molar-refractivity contribution in [1.82, 2.24) is 15.2 Å². The van der Waals surface area contributed by atoms with Crippen molar-refractivity contribution in [2.24, 2.45) is 0 Å². The Bertz CT molecular complexity index is 1250. The molecule has 0 radical (unpaired) electrons. The van der Waals surface area contributed by atoms with Gasteiger partial charge in [0.25, 0.3) is 11.8 Å². The number of amides is 2. The van der Waals surface area contributed by atoms with Crippen molar-refractivity contribution < 1.29 is 23.8 Å². The van der Waals surface area contributed by atoms with Gasteiger partial charge in [-0.2, -0.15) is 0 Å². The fraction of sp³-hybridized carbons (Fsp3) is 0.320. The Balaban J connectivity index is 1.55. The molecule has 1 aliphatic rings. The number of rotatable bonds is 10. The predicted molar refractivity (Wildman–Crippen MR) is 131 cm³/mol. The van der Waals surface area contributed by atoms with Gasteiger partial charge in [-0.15, -0.1) is 11.3 Å². The van der Waals surface area contributed by atoms with Crippen molar-refractivity contribution in [1.29, 1.82) is 0 Å². The van der Waals surface area contributed by atoms with Crippen LogP contribution in [0.3, 0.4) is 0 Å². The Morgan fingerprint density at radius 1 is 1.14 bits per heavy atom. The van der Waals surface area contributed by atoms with Crippen molar-refractivity contribution >= 4 is 23.2 Å². The summed E-state index contributed by atoms with van der Waals surface area (Å²) in [5.74, 6) is 0.159. The van der Waals surface area contributed by atoms with Gasteiger partial charge in [-0.3, -0.25) is 14.4 Å². The van der Waals surface area contributed by atoms with Crippen LogP contribution in [0.1, 0.15) is 50.5 Å². The predicted octanol–water partition coefficient (Wildman–Crippen LogP) is 3.10. The van der Waals surface area contributed by atoms with E-state index in [1.165, 1.54) is 23.7 Å². The second-order valence-corrected chi connectivity index (χ2v) is 8.94. The minimum Gasteiger partial charge on any atom is -0.454 e. The molecule has 0 aliphatic carbocycles. The molecule has 0 bridgehead atoms. The van der Waals surface area contributed by atoms with Gasteiger partial charge in [0.05, 0.1) is 12.6 Å². The summed E-state index contributed by atoms with van der Waals surface area (Å²) in [6, 6.07) is 8.98. The topological polar surface area (TPSA) is 108 Å². The van der Waals surface area contributed by atoms with E-state index in [0.717, 1.165) is 10.4 Å². The number of nitrogens with one attached hydrogen (secondary N) is 2. The lowest BCUT2D eigenvalue weighted by atomic mass is 10.1. The smallest absolute Gasteiger partial charge is 0.257 e. The lowest BCUT2D eigenvalue weighted by Gasteiger charge is -2.17. The zero-order valence-corrected chi connectivity index (χ0v) is 20.4. The third kappa shape index (κ3) is 5.72. The molecule has 10 heteroatoms. The van der Waals surface area contributed by atoms with Crippen LogP contribution >= 0.6 is 11.3 Å². The molecule has 184 valence electrons. The van der Waals surface area contributed by atoms with E-state index >= 15 is 0 Å². The van der Waals surface area contributed by atoms with Crippen LogP contribution in [0.15, 0.2) is 52.9 Å². The van der Waals surface area contributed by atoms with E-state index in [4.69, 9.17) is 14.2 Å². The van der Waals surface area contributed by atoms with Crippen LogP contribution in [-0.2, 0) is 17.8 Å². The summed E-state index contributed by atoms with van der Waals surface area (Å²) in [6.07, 6.45) is 3.58. The van der Waals surface area contributed by atoms with Gasteiger partial charge in [-0.25, -0.2) is 0 Å². The number of aromatic nitrogens is 1. The van der Waals surface area contributed by atoms with E-state index in [-0.39, 0.29) is 30.5 Å². The molecular formula is C25H27N3O6S. The quantitative estimate of drug-likeness (QED) is 0.446. The highest BCUT2D eigenvalue weighted by Crippen LogP contribution is 2.32. The summed E-state index contributed by atoms with van der Waals surface area (Å²) in [7, 11) is 1.56. The van der Waals surface area contributed by atoms with Crippen molar-refractivity contribution in [3.63, 3.8) is 0 Å². The Morgan fingerprint density at radius 2 is 1.91 bits per heavy atom. The van der Waals surface area contributed by atoms with Crippen LogP contribution in [-0.4, -0.2) is 36.9 Å². The van der Waals surface area contributed by atoms with Gasteiger partial charge in [-0.05, 0) is 35.6 Å². The lowest BCUT2D eigenvalue weighted by Crippen LogP contribution is -2.36. The molecule has 2 aromatic heterocycles. The van der Waals surface area contributed by atoms with E-state index in [0.29, 0.717) is 31.1 Å². The molecule has 0 fully saturated rings. The first-order valence-electron chi connectivity index (χ1n) is 11.2. The Hall–Kier alpha value is -3.63. The first kappa shape index (κ1) is 24.5. The molecule has 2 N–H and O–H groups in total. The average molecular weight is 498 g/mol. The van der Waals surface area contributed by atoms with Gasteiger partial charge in [0, 0.05) is 37.5 Å². The zero-order chi connectivity index (χ0) is 24.8. The second-order valence-electron chi connectivity index (χ2n) is 7.97. The highest BCUT2D eigenvalue weighted by atomic mass is 32.1. The number of hydrogen-bond acceptors (Lipinski definition) is 7. The Morgan fingerprint density at radius 3 is 2.63 bits per heavy atom. The molecule has 0 spiro atoms. The number of carbonyl (C=O) groups is 2. The summed E-state index contributed by atoms with van der Waals surface area (Å²) < 4.78 is 17.4. The summed E-state index contributed by atoms with van der Waals surface area (Å²) in [5.41, 5.74) is -0.0381. The third-order valence-electron chi connectivity index (χ3n) is 5.61. The van der Waals surface area contributed by atoms with Gasteiger partial charge in [-0.1, -0.05) is 19.1 Å². The van der Waals surface area contributed by atoms with Gasteiger partial charge in [0.2, 0.25) is 12.2 Å².